The molecule has 1 N–H and O–H groups in total. The fraction of sp³-hybridized carbons (Fsp3) is 0.562. The van der Waals surface area contributed by atoms with E-state index in [2.05, 4.69) is 12.1 Å². The third-order valence-corrected chi connectivity index (χ3v) is 3.92. The van der Waals surface area contributed by atoms with E-state index >= 15 is 0 Å². The minimum atomic E-state index is -0.621. The molecule has 2 atom stereocenters. The first kappa shape index (κ1) is 15.0. The minimum Gasteiger partial charge on any atom is -0.389 e. The Bertz CT molecular complexity index is 461. The van der Waals surface area contributed by atoms with Gasteiger partial charge in [-0.1, -0.05) is 24.3 Å². The summed E-state index contributed by atoms with van der Waals surface area (Å²) in [6.45, 7) is 0.579. The number of carbonyl (C=O) groups excluding carboxylic acids is 1. The highest BCUT2D eigenvalue weighted by Crippen LogP contribution is 2.26. The Morgan fingerprint density at radius 1 is 1.45 bits per heavy atom. The average Bonchev–Trinajstić information content (AvgIpc) is 2.46. The summed E-state index contributed by atoms with van der Waals surface area (Å²) in [5.41, 5.74) is 2.64. The molecule has 1 aliphatic rings. The van der Waals surface area contributed by atoms with Gasteiger partial charge >= 0.3 is 0 Å². The van der Waals surface area contributed by atoms with E-state index in [1.807, 2.05) is 12.1 Å². The Kier molecular flexibility index (Phi) is 5.15. The Hall–Kier alpha value is -1.39. The zero-order valence-electron chi connectivity index (χ0n) is 12.2. The first-order chi connectivity index (χ1) is 9.61. The molecule has 4 nitrogen and oxygen atoms in total. The van der Waals surface area contributed by atoms with E-state index in [0.717, 1.165) is 19.3 Å². The number of methoxy groups -OCH3 is 1. The van der Waals surface area contributed by atoms with Crippen molar-refractivity contribution in [3.05, 3.63) is 35.4 Å². The number of aliphatic hydroxyl groups excluding tert-OH is 1. The average molecular weight is 277 g/mol. The fourth-order valence-corrected chi connectivity index (χ4v) is 2.87. The maximum atomic E-state index is 12.4. The Labute approximate surface area is 120 Å². The normalized spacial score (nSPS) is 19.2. The van der Waals surface area contributed by atoms with Crippen molar-refractivity contribution in [2.45, 2.75) is 25.4 Å². The van der Waals surface area contributed by atoms with Crippen LogP contribution in [0.5, 0.6) is 0 Å². The lowest BCUT2D eigenvalue weighted by Gasteiger charge is -2.29. The number of fused-ring (bicyclic) bond motifs is 1. The van der Waals surface area contributed by atoms with E-state index in [1.165, 1.54) is 11.1 Å². The number of rotatable bonds is 5. The molecule has 0 aromatic heterocycles. The number of likely N-dealkylation sites (N-methyl/N-ethyl adjacent to an activating group) is 1. The van der Waals surface area contributed by atoms with Crippen LogP contribution in [0.2, 0.25) is 0 Å². The molecule has 0 aliphatic heterocycles. The van der Waals surface area contributed by atoms with E-state index in [-0.39, 0.29) is 18.4 Å². The van der Waals surface area contributed by atoms with Gasteiger partial charge in [-0.15, -0.1) is 0 Å². The van der Waals surface area contributed by atoms with Crippen LogP contribution in [-0.4, -0.2) is 49.3 Å². The topological polar surface area (TPSA) is 49.8 Å². The molecule has 0 saturated heterocycles. The van der Waals surface area contributed by atoms with E-state index in [0.29, 0.717) is 6.54 Å². The van der Waals surface area contributed by atoms with Gasteiger partial charge in [0.25, 0.3) is 0 Å². The third kappa shape index (κ3) is 3.58. The van der Waals surface area contributed by atoms with Crippen LogP contribution in [0.4, 0.5) is 0 Å². The Balaban J connectivity index is 1.94. The highest BCUT2D eigenvalue weighted by molar-refractivity contribution is 5.79. The van der Waals surface area contributed by atoms with Crippen LogP contribution < -0.4 is 0 Å². The van der Waals surface area contributed by atoms with Crippen molar-refractivity contribution in [1.29, 1.82) is 0 Å². The molecule has 110 valence electrons. The van der Waals surface area contributed by atoms with Gasteiger partial charge in [-0.05, 0) is 30.4 Å². The van der Waals surface area contributed by atoms with Crippen molar-refractivity contribution in [1.82, 2.24) is 4.90 Å². The second-order valence-corrected chi connectivity index (χ2v) is 5.54. The Morgan fingerprint density at radius 2 is 2.15 bits per heavy atom. The number of ether oxygens (including phenoxy) is 1. The SMILES string of the molecule is COCC(O)CN(C)C(=O)C1CCc2ccccc2C1. The molecular formula is C16H23NO3. The zero-order chi connectivity index (χ0) is 14.5. The van der Waals surface area contributed by atoms with Crippen molar-refractivity contribution in [3.63, 3.8) is 0 Å². The van der Waals surface area contributed by atoms with Crippen LogP contribution in [0.3, 0.4) is 0 Å². The maximum absolute atomic E-state index is 12.4. The molecule has 1 aromatic carbocycles. The van der Waals surface area contributed by atoms with Gasteiger partial charge < -0.3 is 14.7 Å². The molecule has 0 saturated carbocycles. The molecular weight excluding hydrogens is 254 g/mol. The summed E-state index contributed by atoms with van der Waals surface area (Å²) in [5.74, 6) is 0.152. The predicted molar refractivity (Wildman–Crippen MR) is 77.5 cm³/mol. The van der Waals surface area contributed by atoms with E-state index in [1.54, 1.807) is 19.1 Å². The maximum Gasteiger partial charge on any atom is 0.225 e. The summed E-state index contributed by atoms with van der Waals surface area (Å²) >= 11 is 0. The van der Waals surface area contributed by atoms with Gasteiger partial charge in [-0.2, -0.15) is 0 Å². The number of carbonyl (C=O) groups is 1. The number of aryl methyl sites for hydroxylation is 1. The molecule has 4 heteroatoms. The number of nitrogens with zero attached hydrogens (tertiary/aromatic N) is 1. The summed E-state index contributed by atoms with van der Waals surface area (Å²) in [6.07, 6.45) is 2.03. The zero-order valence-corrected chi connectivity index (χ0v) is 12.2. The van der Waals surface area contributed by atoms with Crippen LogP contribution in [0.25, 0.3) is 0 Å². The number of hydrogen-bond donors (Lipinski definition) is 1. The smallest absolute Gasteiger partial charge is 0.225 e. The molecule has 1 aromatic rings. The van der Waals surface area contributed by atoms with Gasteiger partial charge in [0.2, 0.25) is 5.91 Å². The quantitative estimate of drug-likeness (QED) is 0.881. The summed E-state index contributed by atoms with van der Waals surface area (Å²) in [7, 11) is 3.30. The summed E-state index contributed by atoms with van der Waals surface area (Å²) in [5, 5.41) is 9.71. The molecule has 0 spiro atoms. The van der Waals surface area contributed by atoms with E-state index < -0.39 is 6.10 Å². The highest BCUT2D eigenvalue weighted by atomic mass is 16.5. The number of amides is 1. The van der Waals surface area contributed by atoms with Crippen molar-refractivity contribution in [3.8, 4) is 0 Å². The molecule has 1 amide bonds. The van der Waals surface area contributed by atoms with Crippen LogP contribution in [-0.2, 0) is 22.4 Å². The molecule has 20 heavy (non-hydrogen) atoms. The van der Waals surface area contributed by atoms with E-state index in [4.69, 9.17) is 4.74 Å². The van der Waals surface area contributed by atoms with Crippen molar-refractivity contribution in [2.24, 2.45) is 5.92 Å². The monoisotopic (exact) mass is 277 g/mol. The van der Waals surface area contributed by atoms with Crippen molar-refractivity contribution in [2.75, 3.05) is 27.3 Å². The number of benzene rings is 1. The van der Waals surface area contributed by atoms with Gasteiger partial charge in [0.15, 0.2) is 0 Å². The standard InChI is InChI=1S/C16H23NO3/c1-17(10-15(18)11-20-2)16(19)14-8-7-12-5-3-4-6-13(12)9-14/h3-6,14-15,18H,7-11H2,1-2H3. The first-order valence-corrected chi connectivity index (χ1v) is 7.10. The van der Waals surface area contributed by atoms with Gasteiger partial charge in [-0.25, -0.2) is 0 Å². The largest absolute Gasteiger partial charge is 0.389 e. The summed E-state index contributed by atoms with van der Waals surface area (Å²) < 4.78 is 4.89. The second kappa shape index (κ2) is 6.86. The molecule has 0 radical (unpaired) electrons. The first-order valence-electron chi connectivity index (χ1n) is 7.10. The second-order valence-electron chi connectivity index (χ2n) is 5.54. The van der Waals surface area contributed by atoms with Crippen LogP contribution >= 0.6 is 0 Å². The predicted octanol–water partition coefficient (Wildman–Crippen LogP) is 1.26. The molecule has 2 unspecified atom stereocenters. The molecule has 1 aliphatic carbocycles. The van der Waals surface area contributed by atoms with Gasteiger partial charge in [0, 0.05) is 26.6 Å². The van der Waals surface area contributed by atoms with Crippen LogP contribution in [0.15, 0.2) is 24.3 Å². The molecule has 0 heterocycles. The minimum absolute atomic E-state index is 0.0321. The molecule has 2 rings (SSSR count). The van der Waals surface area contributed by atoms with Gasteiger partial charge in [0.05, 0.1) is 12.7 Å². The molecule has 0 fully saturated rings. The fourth-order valence-electron chi connectivity index (χ4n) is 2.87. The summed E-state index contributed by atoms with van der Waals surface area (Å²) in [4.78, 5) is 14.0. The summed E-state index contributed by atoms with van der Waals surface area (Å²) in [6, 6.07) is 8.32. The lowest BCUT2D eigenvalue weighted by Crippen LogP contribution is -2.41. The van der Waals surface area contributed by atoms with Crippen LogP contribution in [0.1, 0.15) is 17.5 Å². The van der Waals surface area contributed by atoms with Gasteiger partial charge in [0.1, 0.15) is 0 Å². The number of aliphatic hydroxyl groups is 1. The van der Waals surface area contributed by atoms with Crippen molar-refractivity contribution >= 4 is 5.91 Å². The van der Waals surface area contributed by atoms with E-state index in [9.17, 15) is 9.90 Å². The van der Waals surface area contributed by atoms with Crippen LogP contribution in [0, 0.1) is 5.92 Å². The van der Waals surface area contributed by atoms with Crippen molar-refractivity contribution < 1.29 is 14.6 Å². The highest BCUT2D eigenvalue weighted by Gasteiger charge is 2.27. The Morgan fingerprint density at radius 3 is 2.85 bits per heavy atom. The lowest BCUT2D eigenvalue weighted by molar-refractivity contribution is -0.136. The number of hydrogen-bond acceptors (Lipinski definition) is 3. The lowest BCUT2D eigenvalue weighted by atomic mass is 9.83. The molecule has 0 bridgehead atoms. The van der Waals surface area contributed by atoms with Gasteiger partial charge in [-0.3, -0.25) is 4.79 Å². The third-order valence-electron chi connectivity index (χ3n) is 3.92.